The maximum Gasteiger partial charge on any atom is 0.326 e. The standard InChI is InChI=1S/C15H17N3O3S/c1-9(2)13(15(20)21)18-12(19)6-11-8-22-14(17-11)10-4-3-5-16-7-10/h3-5,7-9,13H,6H2,1-2H3,(H,18,19)(H,20,21). The van der Waals surface area contributed by atoms with Crippen LogP contribution in [0.4, 0.5) is 0 Å². The van der Waals surface area contributed by atoms with Crippen molar-refractivity contribution in [2.45, 2.75) is 26.3 Å². The lowest BCUT2D eigenvalue weighted by atomic mass is 10.0. The molecule has 2 rings (SSSR count). The van der Waals surface area contributed by atoms with Crippen molar-refractivity contribution in [2.24, 2.45) is 5.92 Å². The molecule has 0 spiro atoms. The predicted molar refractivity (Wildman–Crippen MR) is 83.5 cm³/mol. The van der Waals surface area contributed by atoms with Crippen LogP contribution in [0.3, 0.4) is 0 Å². The Hall–Kier alpha value is -2.28. The molecule has 6 nitrogen and oxygen atoms in total. The van der Waals surface area contributed by atoms with E-state index in [1.54, 1.807) is 31.6 Å². The lowest BCUT2D eigenvalue weighted by Gasteiger charge is -2.17. The molecule has 0 saturated carbocycles. The van der Waals surface area contributed by atoms with Gasteiger partial charge in [-0.05, 0) is 18.1 Å². The van der Waals surface area contributed by atoms with Crippen molar-refractivity contribution in [3.63, 3.8) is 0 Å². The van der Waals surface area contributed by atoms with Gasteiger partial charge in [0, 0.05) is 23.3 Å². The average molecular weight is 319 g/mol. The van der Waals surface area contributed by atoms with Gasteiger partial charge in [-0.1, -0.05) is 13.8 Å². The molecule has 0 bridgehead atoms. The molecule has 2 heterocycles. The van der Waals surface area contributed by atoms with Gasteiger partial charge in [-0.3, -0.25) is 9.78 Å². The number of carbonyl (C=O) groups excluding carboxylic acids is 1. The van der Waals surface area contributed by atoms with Gasteiger partial charge in [0.15, 0.2) is 0 Å². The average Bonchev–Trinajstić information content (AvgIpc) is 2.93. The fraction of sp³-hybridized carbons (Fsp3) is 0.333. The zero-order chi connectivity index (χ0) is 16.1. The Balaban J connectivity index is 2.01. The Labute approximate surface area is 132 Å². The molecule has 0 radical (unpaired) electrons. The van der Waals surface area contributed by atoms with E-state index in [2.05, 4.69) is 15.3 Å². The number of hydrogen-bond donors (Lipinski definition) is 2. The van der Waals surface area contributed by atoms with Crippen LogP contribution in [0.25, 0.3) is 10.6 Å². The summed E-state index contributed by atoms with van der Waals surface area (Å²) in [5, 5.41) is 14.2. The Morgan fingerprint density at radius 3 is 2.77 bits per heavy atom. The van der Waals surface area contributed by atoms with Crippen molar-refractivity contribution in [3.05, 3.63) is 35.6 Å². The monoisotopic (exact) mass is 319 g/mol. The molecule has 1 amide bonds. The molecule has 2 aromatic rings. The van der Waals surface area contributed by atoms with E-state index >= 15 is 0 Å². The third kappa shape index (κ3) is 4.11. The van der Waals surface area contributed by atoms with Gasteiger partial charge in [-0.15, -0.1) is 11.3 Å². The zero-order valence-electron chi connectivity index (χ0n) is 12.3. The van der Waals surface area contributed by atoms with Crippen molar-refractivity contribution >= 4 is 23.2 Å². The van der Waals surface area contributed by atoms with E-state index in [1.165, 1.54) is 11.3 Å². The number of aromatic nitrogens is 2. The lowest BCUT2D eigenvalue weighted by Crippen LogP contribution is -2.44. The summed E-state index contributed by atoms with van der Waals surface area (Å²) in [6, 6.07) is 2.84. The molecule has 22 heavy (non-hydrogen) atoms. The minimum absolute atomic E-state index is 0.0628. The summed E-state index contributed by atoms with van der Waals surface area (Å²) in [5.41, 5.74) is 1.51. The second kappa shape index (κ2) is 7.13. The summed E-state index contributed by atoms with van der Waals surface area (Å²) in [6.45, 7) is 3.50. The van der Waals surface area contributed by atoms with Gasteiger partial charge in [-0.25, -0.2) is 9.78 Å². The summed E-state index contributed by atoms with van der Waals surface area (Å²) in [7, 11) is 0. The molecule has 2 aromatic heterocycles. The maximum absolute atomic E-state index is 12.0. The third-order valence-corrected chi connectivity index (χ3v) is 3.99. The van der Waals surface area contributed by atoms with Crippen LogP contribution >= 0.6 is 11.3 Å². The summed E-state index contributed by atoms with van der Waals surface area (Å²) < 4.78 is 0. The fourth-order valence-corrected chi connectivity index (χ4v) is 2.72. The first-order valence-corrected chi connectivity index (χ1v) is 7.72. The highest BCUT2D eigenvalue weighted by molar-refractivity contribution is 7.13. The highest BCUT2D eigenvalue weighted by Gasteiger charge is 2.23. The summed E-state index contributed by atoms with van der Waals surface area (Å²) in [6.07, 6.45) is 3.46. The molecule has 0 aliphatic carbocycles. The van der Waals surface area contributed by atoms with E-state index in [9.17, 15) is 9.59 Å². The predicted octanol–water partition coefficient (Wildman–Crippen LogP) is 1.97. The first-order chi connectivity index (χ1) is 10.5. The topological polar surface area (TPSA) is 92.2 Å². The second-order valence-corrected chi connectivity index (χ2v) is 6.05. The summed E-state index contributed by atoms with van der Waals surface area (Å²) in [4.78, 5) is 31.5. The number of carbonyl (C=O) groups is 2. The lowest BCUT2D eigenvalue weighted by molar-refractivity contribution is -0.143. The van der Waals surface area contributed by atoms with Crippen molar-refractivity contribution in [1.82, 2.24) is 15.3 Å². The maximum atomic E-state index is 12.0. The Morgan fingerprint density at radius 1 is 1.41 bits per heavy atom. The number of nitrogens with zero attached hydrogens (tertiary/aromatic N) is 2. The largest absolute Gasteiger partial charge is 0.480 e. The molecule has 0 aliphatic rings. The van der Waals surface area contributed by atoms with Crippen molar-refractivity contribution in [3.8, 4) is 10.6 Å². The van der Waals surface area contributed by atoms with E-state index in [1.807, 2.05) is 12.1 Å². The molecule has 1 atom stereocenters. The van der Waals surface area contributed by atoms with Gasteiger partial charge < -0.3 is 10.4 Å². The quantitative estimate of drug-likeness (QED) is 0.849. The van der Waals surface area contributed by atoms with Gasteiger partial charge in [0.05, 0.1) is 12.1 Å². The van der Waals surface area contributed by atoms with E-state index < -0.39 is 12.0 Å². The molecule has 2 N–H and O–H groups in total. The van der Waals surface area contributed by atoms with E-state index in [0.29, 0.717) is 5.69 Å². The van der Waals surface area contributed by atoms with Crippen LogP contribution in [0.1, 0.15) is 19.5 Å². The SMILES string of the molecule is CC(C)C(NC(=O)Cc1csc(-c2cccnc2)n1)C(=O)O. The highest BCUT2D eigenvalue weighted by Crippen LogP contribution is 2.22. The molecule has 0 fully saturated rings. The highest BCUT2D eigenvalue weighted by atomic mass is 32.1. The number of amides is 1. The van der Waals surface area contributed by atoms with Crippen LogP contribution < -0.4 is 5.32 Å². The van der Waals surface area contributed by atoms with Crippen LogP contribution in [0.5, 0.6) is 0 Å². The number of carboxylic acid groups (broad SMARTS) is 1. The first kappa shape index (κ1) is 16.1. The van der Waals surface area contributed by atoms with E-state index in [-0.39, 0.29) is 18.2 Å². The van der Waals surface area contributed by atoms with E-state index in [4.69, 9.17) is 5.11 Å². The molecule has 116 valence electrons. The molecule has 1 unspecified atom stereocenters. The van der Waals surface area contributed by atoms with E-state index in [0.717, 1.165) is 10.6 Å². The van der Waals surface area contributed by atoms with Crippen LogP contribution in [0.2, 0.25) is 0 Å². The van der Waals surface area contributed by atoms with Gasteiger partial charge in [-0.2, -0.15) is 0 Å². The van der Waals surface area contributed by atoms with Crippen molar-refractivity contribution in [2.75, 3.05) is 0 Å². The Bertz CT molecular complexity index is 655. The number of rotatable bonds is 6. The van der Waals surface area contributed by atoms with Crippen LogP contribution in [0, 0.1) is 5.92 Å². The number of thiazole rings is 1. The number of pyridine rings is 1. The number of aliphatic carboxylic acids is 1. The molecule has 7 heteroatoms. The summed E-state index contributed by atoms with van der Waals surface area (Å²) >= 11 is 1.43. The number of hydrogen-bond acceptors (Lipinski definition) is 5. The number of carboxylic acids is 1. The van der Waals surface area contributed by atoms with Gasteiger partial charge >= 0.3 is 5.97 Å². The molecular weight excluding hydrogens is 302 g/mol. The first-order valence-electron chi connectivity index (χ1n) is 6.84. The zero-order valence-corrected chi connectivity index (χ0v) is 13.1. The molecule has 0 aromatic carbocycles. The minimum atomic E-state index is -1.03. The van der Waals surface area contributed by atoms with Crippen molar-refractivity contribution < 1.29 is 14.7 Å². The fourth-order valence-electron chi connectivity index (χ4n) is 1.91. The minimum Gasteiger partial charge on any atom is -0.480 e. The Morgan fingerprint density at radius 2 is 2.18 bits per heavy atom. The van der Waals surface area contributed by atoms with Crippen molar-refractivity contribution in [1.29, 1.82) is 0 Å². The Kier molecular flexibility index (Phi) is 5.21. The second-order valence-electron chi connectivity index (χ2n) is 5.19. The molecule has 0 saturated heterocycles. The smallest absolute Gasteiger partial charge is 0.326 e. The third-order valence-electron chi connectivity index (χ3n) is 3.05. The van der Waals surface area contributed by atoms with Crippen LogP contribution in [-0.4, -0.2) is 33.0 Å². The van der Waals surface area contributed by atoms with Crippen LogP contribution in [0.15, 0.2) is 29.9 Å². The molecule has 0 aliphatic heterocycles. The molecular formula is C15H17N3O3S. The number of nitrogens with one attached hydrogen (secondary N) is 1. The van der Waals surface area contributed by atoms with Gasteiger partial charge in [0.1, 0.15) is 11.0 Å². The van der Waals surface area contributed by atoms with Crippen LogP contribution in [-0.2, 0) is 16.0 Å². The summed E-state index contributed by atoms with van der Waals surface area (Å²) in [5.74, 6) is -1.55. The van der Waals surface area contributed by atoms with Gasteiger partial charge in [0.25, 0.3) is 0 Å². The normalized spacial score (nSPS) is 12.1. The van der Waals surface area contributed by atoms with Gasteiger partial charge in [0.2, 0.25) is 5.91 Å².